The van der Waals surface area contributed by atoms with Crippen LogP contribution in [-0.4, -0.2) is 22.2 Å². The molecule has 5 heteroatoms. The van der Waals surface area contributed by atoms with Gasteiger partial charge in [-0.25, -0.2) is 15.2 Å². The fraction of sp³-hybridized carbons (Fsp3) is 0.353. The number of hydrogen-bond acceptors (Lipinski definition) is 2. The van der Waals surface area contributed by atoms with E-state index >= 15 is 0 Å². The third-order valence-electron chi connectivity index (χ3n) is 2.81. The first-order valence-corrected chi connectivity index (χ1v) is 5.68. The van der Waals surface area contributed by atoms with Gasteiger partial charge in [-0.05, 0) is 0 Å². The van der Waals surface area contributed by atoms with Crippen molar-refractivity contribution in [3.05, 3.63) is 30.2 Å². The van der Waals surface area contributed by atoms with Crippen molar-refractivity contribution in [2.24, 2.45) is 5.41 Å². The van der Waals surface area contributed by atoms with Gasteiger partial charge in [-0.2, -0.15) is 11.1 Å². The molecule has 118 valence electrons. The van der Waals surface area contributed by atoms with Gasteiger partial charge in [0.15, 0.2) is 0 Å². The van der Waals surface area contributed by atoms with E-state index in [2.05, 4.69) is 53.5 Å². The Hall–Kier alpha value is -1.75. The monoisotopic (exact) mass is 338 g/mol. The van der Waals surface area contributed by atoms with Crippen LogP contribution in [0.25, 0.3) is 0 Å². The largest absolute Gasteiger partial charge is 2.00 e. The molecule has 4 nitrogen and oxygen atoms in total. The Kier molecular flexibility index (Phi) is 16.7. The zero-order valence-electron chi connectivity index (χ0n) is 13.9. The number of allylic oxidation sites excluding steroid dienone is 4. The maximum atomic E-state index is 9.13. The molecule has 1 aliphatic rings. The summed E-state index contributed by atoms with van der Waals surface area (Å²) in [6, 6.07) is 0. The molecule has 1 aliphatic carbocycles. The van der Waals surface area contributed by atoms with E-state index < -0.39 is 11.9 Å². The summed E-state index contributed by atoms with van der Waals surface area (Å²) in [6.45, 7) is 10.9. The van der Waals surface area contributed by atoms with Crippen LogP contribution in [0.5, 0.6) is 0 Å². The molecule has 0 aromatic heterocycles. The molecule has 1 rings (SSSR count). The van der Waals surface area contributed by atoms with Crippen molar-refractivity contribution in [1.82, 2.24) is 0 Å². The van der Waals surface area contributed by atoms with E-state index in [-0.39, 0.29) is 34.6 Å². The van der Waals surface area contributed by atoms with E-state index in [0.717, 1.165) is 0 Å². The molecule has 0 atom stereocenters. The molecule has 0 aliphatic heterocycles. The van der Waals surface area contributed by atoms with Crippen molar-refractivity contribution in [3.63, 3.8) is 0 Å². The Balaban J connectivity index is -0.000000117. The second kappa shape index (κ2) is 13.0. The average molecular weight is 338 g/mol. The fourth-order valence-corrected chi connectivity index (χ4v) is 1.41. The topological polar surface area (TPSA) is 74.6 Å². The molecule has 0 bridgehead atoms. The Labute approximate surface area is 148 Å². The number of carboxylic acid groups (broad SMARTS) is 2. The van der Waals surface area contributed by atoms with E-state index in [1.165, 1.54) is 28.6 Å². The quantitative estimate of drug-likeness (QED) is 0.405. The summed E-state index contributed by atoms with van der Waals surface area (Å²) in [5.41, 5.74) is 4.39. The van der Waals surface area contributed by atoms with E-state index in [1.54, 1.807) is 0 Å². The molecule has 0 aromatic rings. The van der Waals surface area contributed by atoms with Gasteiger partial charge in [-0.15, -0.1) is 19.8 Å². The Morgan fingerprint density at radius 3 is 1.36 bits per heavy atom. The molecular formula is C17H22O4Ti. The predicted octanol–water partition coefficient (Wildman–Crippen LogP) is 2.97. The third kappa shape index (κ3) is 12.0. The summed E-state index contributed by atoms with van der Waals surface area (Å²) in [7, 11) is 0. The molecule has 0 fully saturated rings. The molecule has 0 radical (unpaired) electrons. The first-order valence-electron chi connectivity index (χ1n) is 5.68. The van der Waals surface area contributed by atoms with E-state index in [4.69, 9.17) is 19.8 Å². The summed E-state index contributed by atoms with van der Waals surface area (Å²) in [6.07, 6.45) is 12.1. The molecule has 0 unspecified atom stereocenters. The Morgan fingerprint density at radius 2 is 1.32 bits per heavy atom. The Morgan fingerprint density at radius 1 is 1.05 bits per heavy atom. The second-order valence-electron chi connectivity index (χ2n) is 4.52. The van der Waals surface area contributed by atoms with Crippen molar-refractivity contribution >= 4 is 11.9 Å². The van der Waals surface area contributed by atoms with Crippen LogP contribution in [0, 0.1) is 43.6 Å². The SMILES string of the molecule is C#CC(=O)O.C#CC(=O)O.CC1=[C-]C(C)(C)C(C)=C1C.[CH3-].[Ti+2]. The van der Waals surface area contributed by atoms with Gasteiger partial charge in [0.25, 0.3) is 0 Å². The van der Waals surface area contributed by atoms with Crippen molar-refractivity contribution in [3.8, 4) is 24.7 Å². The van der Waals surface area contributed by atoms with Gasteiger partial charge in [0.05, 0.1) is 0 Å². The van der Waals surface area contributed by atoms with Crippen LogP contribution in [0.3, 0.4) is 0 Å². The van der Waals surface area contributed by atoms with Crippen LogP contribution in [0.4, 0.5) is 0 Å². The number of terminal acetylenes is 2. The molecule has 0 saturated carbocycles. The number of carboxylic acids is 2. The number of hydrogen-bond donors (Lipinski definition) is 2. The fourth-order valence-electron chi connectivity index (χ4n) is 1.41. The van der Waals surface area contributed by atoms with E-state index in [1.807, 2.05) is 0 Å². The molecular weight excluding hydrogens is 316 g/mol. The predicted molar refractivity (Wildman–Crippen MR) is 83.9 cm³/mol. The van der Waals surface area contributed by atoms with Crippen molar-refractivity contribution in [2.45, 2.75) is 34.6 Å². The van der Waals surface area contributed by atoms with Gasteiger partial charge >= 0.3 is 33.7 Å². The van der Waals surface area contributed by atoms with Crippen LogP contribution < -0.4 is 0 Å². The Bertz CT molecular complexity index is 502. The smallest absolute Gasteiger partial charge is 0.472 e. The van der Waals surface area contributed by atoms with Crippen molar-refractivity contribution < 1.29 is 41.5 Å². The zero-order chi connectivity index (χ0) is 16.5. The average Bonchev–Trinajstić information content (AvgIpc) is 2.53. The van der Waals surface area contributed by atoms with Crippen LogP contribution in [-0.2, 0) is 31.3 Å². The number of carbonyl (C=O) groups is 2. The van der Waals surface area contributed by atoms with Gasteiger partial charge in [-0.1, -0.05) is 33.1 Å². The van der Waals surface area contributed by atoms with Crippen LogP contribution in [0.15, 0.2) is 16.7 Å². The van der Waals surface area contributed by atoms with E-state index in [9.17, 15) is 0 Å². The number of rotatable bonds is 0. The third-order valence-corrected chi connectivity index (χ3v) is 2.81. The first-order chi connectivity index (χ1) is 8.99. The molecule has 0 spiro atoms. The maximum Gasteiger partial charge on any atom is 2.00 e. The molecule has 22 heavy (non-hydrogen) atoms. The summed E-state index contributed by atoms with van der Waals surface area (Å²) in [5, 5.41) is 15.0. The maximum absolute atomic E-state index is 9.13. The second-order valence-corrected chi connectivity index (χ2v) is 4.52. The first kappa shape index (κ1) is 28.4. The van der Waals surface area contributed by atoms with Gasteiger partial charge < -0.3 is 17.6 Å². The summed E-state index contributed by atoms with van der Waals surface area (Å²) < 4.78 is 0. The summed E-state index contributed by atoms with van der Waals surface area (Å²) >= 11 is 0. The van der Waals surface area contributed by atoms with Crippen LogP contribution >= 0.6 is 0 Å². The number of aliphatic carboxylic acids is 2. The molecule has 0 amide bonds. The van der Waals surface area contributed by atoms with Crippen molar-refractivity contribution in [2.75, 3.05) is 0 Å². The summed E-state index contributed by atoms with van der Waals surface area (Å²) in [4.78, 5) is 18.3. The molecule has 0 aromatic carbocycles. The molecule has 0 heterocycles. The molecule has 0 saturated heterocycles. The molecule has 2 N–H and O–H groups in total. The van der Waals surface area contributed by atoms with Crippen LogP contribution in [0.2, 0.25) is 0 Å². The van der Waals surface area contributed by atoms with Crippen molar-refractivity contribution in [1.29, 1.82) is 0 Å². The standard InChI is InChI=1S/C10H15.2C3H2O2.CH3.Ti/c1-7-6-10(4,5)9(3)8(7)2;2*1-2-3(4)5;;/h1-5H3;2*1H,(H,4,5);1H3;/q-1;;;-1;+2. The minimum absolute atomic E-state index is 0. The van der Waals surface area contributed by atoms with E-state index in [0.29, 0.717) is 0 Å². The summed E-state index contributed by atoms with van der Waals surface area (Å²) in [5.74, 6) is 0.454. The normalized spacial score (nSPS) is 13.1. The van der Waals surface area contributed by atoms with Crippen LogP contribution in [0.1, 0.15) is 34.6 Å². The minimum atomic E-state index is -1.22. The zero-order valence-corrected chi connectivity index (χ0v) is 15.4. The van der Waals surface area contributed by atoms with Gasteiger partial charge in [-0.3, -0.25) is 6.08 Å². The van der Waals surface area contributed by atoms with Gasteiger partial charge in [0.1, 0.15) is 0 Å². The minimum Gasteiger partial charge on any atom is -0.472 e. The van der Waals surface area contributed by atoms with Gasteiger partial charge in [0.2, 0.25) is 0 Å². The van der Waals surface area contributed by atoms with Gasteiger partial charge in [0, 0.05) is 11.8 Å².